The first-order valence-corrected chi connectivity index (χ1v) is 5.56. The van der Waals surface area contributed by atoms with Crippen LogP contribution in [0.4, 0.5) is 8.78 Å². The van der Waals surface area contributed by atoms with Crippen molar-refractivity contribution < 1.29 is 13.5 Å². The van der Waals surface area contributed by atoms with Gasteiger partial charge in [-0.25, -0.2) is 14.2 Å². The largest absolute Gasteiger partial charge is 0.495 e. The number of nitrogens with two attached hydrogens (primary N) is 1. The lowest BCUT2D eigenvalue weighted by molar-refractivity contribution is 0.411. The Morgan fingerprint density at radius 2 is 2.11 bits per heavy atom. The zero-order valence-corrected chi connectivity index (χ0v) is 10.2. The molecule has 1 heterocycles. The van der Waals surface area contributed by atoms with Gasteiger partial charge in [0.25, 0.3) is 0 Å². The van der Waals surface area contributed by atoms with Crippen molar-refractivity contribution in [2.75, 3.05) is 7.11 Å². The summed E-state index contributed by atoms with van der Waals surface area (Å²) in [6.07, 6.45) is 3.02. The van der Waals surface area contributed by atoms with Gasteiger partial charge in [0, 0.05) is 11.8 Å². The summed E-state index contributed by atoms with van der Waals surface area (Å²) in [7, 11) is 1.49. The number of nitrogens with one attached hydrogen (secondary N) is 1. The highest BCUT2D eigenvalue weighted by atomic mass is 19.2. The van der Waals surface area contributed by atoms with Crippen molar-refractivity contribution in [3.63, 3.8) is 0 Å². The van der Waals surface area contributed by atoms with Crippen LogP contribution in [0.1, 0.15) is 17.2 Å². The summed E-state index contributed by atoms with van der Waals surface area (Å²) in [6, 6.07) is 4.88. The summed E-state index contributed by atoms with van der Waals surface area (Å²) in [5.74, 6) is 4.09. The Hall–Kier alpha value is -2.05. The van der Waals surface area contributed by atoms with Gasteiger partial charge in [0.1, 0.15) is 5.75 Å². The number of hydrogen-bond acceptors (Lipinski definition) is 4. The molecule has 3 N–H and O–H groups in total. The Bertz CT molecular complexity index is 578. The molecule has 19 heavy (non-hydrogen) atoms. The van der Waals surface area contributed by atoms with E-state index in [2.05, 4.69) is 10.4 Å². The zero-order valence-electron chi connectivity index (χ0n) is 10.2. The maximum atomic E-state index is 13.8. The Labute approximate surface area is 109 Å². The molecule has 0 aliphatic rings. The SMILES string of the molecule is COc1cncc(C(NN)c2cccc(F)c2F)c1. The van der Waals surface area contributed by atoms with Crippen molar-refractivity contribution in [3.8, 4) is 5.75 Å². The monoisotopic (exact) mass is 265 g/mol. The van der Waals surface area contributed by atoms with Crippen molar-refractivity contribution in [1.29, 1.82) is 0 Å². The Kier molecular flexibility index (Phi) is 4.03. The van der Waals surface area contributed by atoms with Gasteiger partial charge in [0.2, 0.25) is 0 Å². The number of halogens is 2. The molecule has 100 valence electrons. The minimum atomic E-state index is -0.937. The van der Waals surface area contributed by atoms with Gasteiger partial charge in [-0.3, -0.25) is 10.8 Å². The molecule has 1 aromatic carbocycles. The van der Waals surface area contributed by atoms with Gasteiger partial charge in [-0.15, -0.1) is 0 Å². The average Bonchev–Trinajstić information content (AvgIpc) is 2.44. The molecule has 0 saturated heterocycles. The fourth-order valence-electron chi connectivity index (χ4n) is 1.81. The first-order valence-electron chi connectivity index (χ1n) is 5.56. The number of hydrazine groups is 1. The second-order valence-electron chi connectivity index (χ2n) is 3.90. The van der Waals surface area contributed by atoms with Gasteiger partial charge in [0.15, 0.2) is 11.6 Å². The Balaban J connectivity index is 2.46. The molecule has 0 fully saturated rings. The van der Waals surface area contributed by atoms with Crippen molar-refractivity contribution in [3.05, 3.63) is 59.4 Å². The molecule has 6 heteroatoms. The summed E-state index contributed by atoms with van der Waals surface area (Å²) in [5.41, 5.74) is 3.14. The van der Waals surface area contributed by atoms with E-state index in [-0.39, 0.29) is 5.56 Å². The summed E-state index contributed by atoms with van der Waals surface area (Å²) in [6.45, 7) is 0. The molecule has 0 spiro atoms. The quantitative estimate of drug-likeness (QED) is 0.655. The van der Waals surface area contributed by atoms with Crippen LogP contribution in [0.25, 0.3) is 0 Å². The summed E-state index contributed by atoms with van der Waals surface area (Å²) in [4.78, 5) is 3.97. The van der Waals surface area contributed by atoms with Crippen LogP contribution < -0.4 is 16.0 Å². The van der Waals surface area contributed by atoms with E-state index < -0.39 is 17.7 Å². The number of aromatic nitrogens is 1. The number of ether oxygens (including phenoxy) is 1. The second kappa shape index (κ2) is 5.73. The average molecular weight is 265 g/mol. The summed E-state index contributed by atoms with van der Waals surface area (Å²) < 4.78 is 32.1. The molecule has 0 bridgehead atoms. The Morgan fingerprint density at radius 3 is 2.79 bits per heavy atom. The number of benzene rings is 1. The lowest BCUT2D eigenvalue weighted by Gasteiger charge is -2.17. The van der Waals surface area contributed by atoms with Crippen LogP contribution in [0.5, 0.6) is 5.75 Å². The normalized spacial score (nSPS) is 12.2. The number of methoxy groups -OCH3 is 1. The van der Waals surface area contributed by atoms with Gasteiger partial charge >= 0.3 is 0 Å². The predicted molar refractivity (Wildman–Crippen MR) is 66.3 cm³/mol. The summed E-state index contributed by atoms with van der Waals surface area (Å²) >= 11 is 0. The standard InChI is InChI=1S/C13H13F2N3O/c1-19-9-5-8(6-17-7-9)13(18-16)10-3-2-4-11(14)12(10)15/h2-7,13,18H,16H2,1H3. The predicted octanol–water partition coefficient (Wildman–Crippen LogP) is 1.92. The molecule has 0 radical (unpaired) electrons. The van der Waals surface area contributed by atoms with E-state index in [1.54, 1.807) is 6.07 Å². The molecule has 1 atom stereocenters. The highest BCUT2D eigenvalue weighted by Gasteiger charge is 2.19. The molecular weight excluding hydrogens is 252 g/mol. The van der Waals surface area contributed by atoms with E-state index in [1.807, 2.05) is 0 Å². The number of rotatable bonds is 4. The van der Waals surface area contributed by atoms with E-state index in [0.29, 0.717) is 11.3 Å². The third-order valence-corrected chi connectivity index (χ3v) is 2.76. The fourth-order valence-corrected chi connectivity index (χ4v) is 1.81. The van der Waals surface area contributed by atoms with Gasteiger partial charge in [-0.05, 0) is 17.7 Å². The van der Waals surface area contributed by atoms with Crippen LogP contribution in [0.3, 0.4) is 0 Å². The molecule has 2 rings (SSSR count). The van der Waals surface area contributed by atoms with E-state index in [1.165, 1.54) is 31.6 Å². The van der Waals surface area contributed by atoms with Gasteiger partial charge < -0.3 is 4.74 Å². The molecule has 2 aromatic rings. The molecule has 0 aliphatic carbocycles. The highest BCUT2D eigenvalue weighted by Crippen LogP contribution is 2.26. The van der Waals surface area contributed by atoms with Crippen molar-refractivity contribution in [2.24, 2.45) is 5.84 Å². The van der Waals surface area contributed by atoms with Crippen LogP contribution in [-0.2, 0) is 0 Å². The molecule has 4 nitrogen and oxygen atoms in total. The third-order valence-electron chi connectivity index (χ3n) is 2.76. The molecule has 0 aliphatic heterocycles. The van der Waals surface area contributed by atoms with Crippen LogP contribution in [0.15, 0.2) is 36.7 Å². The third kappa shape index (κ3) is 2.69. The summed E-state index contributed by atoms with van der Waals surface area (Å²) in [5, 5.41) is 0. The maximum absolute atomic E-state index is 13.8. The molecule has 0 amide bonds. The van der Waals surface area contributed by atoms with Gasteiger partial charge in [-0.1, -0.05) is 12.1 Å². The van der Waals surface area contributed by atoms with Gasteiger partial charge in [0.05, 0.1) is 19.3 Å². The van der Waals surface area contributed by atoms with Gasteiger partial charge in [-0.2, -0.15) is 0 Å². The van der Waals surface area contributed by atoms with Crippen LogP contribution in [0, 0.1) is 11.6 Å². The first-order chi connectivity index (χ1) is 9.17. The number of pyridine rings is 1. The minimum Gasteiger partial charge on any atom is -0.495 e. The fraction of sp³-hybridized carbons (Fsp3) is 0.154. The van der Waals surface area contributed by atoms with E-state index in [0.717, 1.165) is 6.07 Å². The smallest absolute Gasteiger partial charge is 0.163 e. The lowest BCUT2D eigenvalue weighted by atomic mass is 10.00. The number of nitrogens with zero attached hydrogens (tertiary/aromatic N) is 1. The molecular formula is C13H13F2N3O. The van der Waals surface area contributed by atoms with Crippen LogP contribution in [0.2, 0.25) is 0 Å². The maximum Gasteiger partial charge on any atom is 0.163 e. The van der Waals surface area contributed by atoms with Crippen molar-refractivity contribution >= 4 is 0 Å². The first kappa shape index (κ1) is 13.4. The molecule has 0 saturated carbocycles. The Morgan fingerprint density at radius 1 is 1.32 bits per heavy atom. The molecule has 1 unspecified atom stereocenters. The van der Waals surface area contributed by atoms with Crippen LogP contribution in [-0.4, -0.2) is 12.1 Å². The van der Waals surface area contributed by atoms with Crippen molar-refractivity contribution in [1.82, 2.24) is 10.4 Å². The minimum absolute atomic E-state index is 0.109. The van der Waals surface area contributed by atoms with E-state index in [4.69, 9.17) is 10.6 Å². The number of hydrogen-bond donors (Lipinski definition) is 2. The second-order valence-corrected chi connectivity index (χ2v) is 3.90. The zero-order chi connectivity index (χ0) is 13.8. The van der Waals surface area contributed by atoms with Crippen LogP contribution >= 0.6 is 0 Å². The highest BCUT2D eigenvalue weighted by molar-refractivity contribution is 5.34. The van der Waals surface area contributed by atoms with Crippen molar-refractivity contribution in [2.45, 2.75) is 6.04 Å². The van der Waals surface area contributed by atoms with E-state index in [9.17, 15) is 8.78 Å². The lowest BCUT2D eigenvalue weighted by Crippen LogP contribution is -2.29. The van der Waals surface area contributed by atoms with E-state index >= 15 is 0 Å². The topological polar surface area (TPSA) is 60.2 Å². The molecule has 1 aromatic heterocycles.